The molecule has 1 aromatic carbocycles. The van der Waals surface area contributed by atoms with Gasteiger partial charge in [0.2, 0.25) is 0 Å². The van der Waals surface area contributed by atoms with Crippen molar-refractivity contribution in [2.45, 2.75) is 44.9 Å². The molecule has 1 unspecified atom stereocenters. The van der Waals surface area contributed by atoms with E-state index in [0.29, 0.717) is 17.2 Å². The molecule has 0 bridgehead atoms. The third-order valence-electron chi connectivity index (χ3n) is 2.99. The normalized spacial score (nSPS) is 13.8. The Morgan fingerprint density at radius 3 is 2.63 bits per heavy atom. The van der Waals surface area contributed by atoms with Crippen LogP contribution in [0.4, 0.5) is 0 Å². The van der Waals surface area contributed by atoms with Crippen LogP contribution in [0.3, 0.4) is 0 Å². The van der Waals surface area contributed by atoms with Crippen molar-refractivity contribution in [1.82, 2.24) is 0 Å². The van der Waals surface area contributed by atoms with E-state index < -0.39 is 9.84 Å². The third-order valence-corrected chi connectivity index (χ3v) is 4.91. The average Bonchev–Trinajstić information content (AvgIpc) is 2.36. The maximum absolute atomic E-state index is 12.0. The van der Waals surface area contributed by atoms with Crippen LogP contribution in [-0.4, -0.2) is 14.2 Å². The fourth-order valence-corrected chi connectivity index (χ4v) is 3.45. The first-order valence-corrected chi connectivity index (χ1v) is 8.63. The zero-order chi connectivity index (χ0) is 14.3. The van der Waals surface area contributed by atoms with E-state index in [2.05, 4.69) is 26.0 Å². The van der Waals surface area contributed by atoms with E-state index in [1.54, 1.807) is 6.07 Å². The third kappa shape index (κ3) is 5.19. The summed E-state index contributed by atoms with van der Waals surface area (Å²) in [7, 11) is -3.10. The second kappa shape index (κ2) is 7.49. The fraction of sp³-hybridized carbons (Fsp3) is 0.500. The minimum absolute atomic E-state index is 0.224. The van der Waals surface area contributed by atoms with Crippen molar-refractivity contribution in [2.24, 2.45) is 5.92 Å². The molecule has 0 heterocycles. The van der Waals surface area contributed by atoms with Crippen LogP contribution in [0, 0.1) is 5.92 Å². The van der Waals surface area contributed by atoms with Gasteiger partial charge in [-0.2, -0.15) is 0 Å². The van der Waals surface area contributed by atoms with Crippen LogP contribution in [0.15, 0.2) is 41.3 Å². The fourth-order valence-electron chi connectivity index (χ4n) is 2.06. The number of rotatable bonds is 7. The van der Waals surface area contributed by atoms with Crippen LogP contribution in [-0.2, 0) is 16.3 Å². The monoisotopic (exact) mass is 280 g/mol. The number of hydrogen-bond donors (Lipinski definition) is 0. The predicted octanol–water partition coefficient (Wildman–Crippen LogP) is 4.02. The summed E-state index contributed by atoms with van der Waals surface area (Å²) in [6.45, 7) is 6.15. The summed E-state index contributed by atoms with van der Waals surface area (Å²) in [5, 5.41) is 0. The van der Waals surface area contributed by atoms with Crippen molar-refractivity contribution in [3.8, 4) is 0 Å². The van der Waals surface area contributed by atoms with Gasteiger partial charge in [0.25, 0.3) is 0 Å². The van der Waals surface area contributed by atoms with E-state index >= 15 is 0 Å². The lowest BCUT2D eigenvalue weighted by atomic mass is 10.0. The Morgan fingerprint density at radius 2 is 2.00 bits per heavy atom. The molecule has 0 fully saturated rings. The van der Waals surface area contributed by atoms with Gasteiger partial charge in [-0.25, -0.2) is 8.42 Å². The Hall–Kier alpha value is -1.09. The SMILES string of the molecule is CC/C=C\C(C)Cc1cccc(S(=O)(=O)CCC)c1. The summed E-state index contributed by atoms with van der Waals surface area (Å²) in [6.07, 6.45) is 6.92. The highest BCUT2D eigenvalue weighted by atomic mass is 32.2. The van der Waals surface area contributed by atoms with Crippen LogP contribution < -0.4 is 0 Å². The Morgan fingerprint density at radius 1 is 1.26 bits per heavy atom. The molecule has 0 aliphatic rings. The molecule has 0 radical (unpaired) electrons. The van der Waals surface area contributed by atoms with E-state index in [4.69, 9.17) is 0 Å². The van der Waals surface area contributed by atoms with Gasteiger partial charge in [0.05, 0.1) is 10.6 Å². The van der Waals surface area contributed by atoms with E-state index in [-0.39, 0.29) is 5.75 Å². The lowest BCUT2D eigenvalue weighted by Gasteiger charge is -2.09. The maximum Gasteiger partial charge on any atom is 0.178 e. The molecule has 0 N–H and O–H groups in total. The summed E-state index contributed by atoms with van der Waals surface area (Å²) in [5.41, 5.74) is 1.09. The number of hydrogen-bond acceptors (Lipinski definition) is 2. The molecule has 1 aromatic rings. The largest absolute Gasteiger partial charge is 0.224 e. The van der Waals surface area contributed by atoms with Gasteiger partial charge in [0.1, 0.15) is 0 Å². The summed E-state index contributed by atoms with van der Waals surface area (Å²) < 4.78 is 24.1. The standard InChI is InChI=1S/C16H24O2S/c1-4-6-8-14(3)12-15-9-7-10-16(13-15)19(17,18)11-5-2/h6-10,13-14H,4-5,11-12H2,1-3H3/b8-6-. The van der Waals surface area contributed by atoms with Gasteiger partial charge < -0.3 is 0 Å². The average molecular weight is 280 g/mol. The predicted molar refractivity (Wildman–Crippen MR) is 81.1 cm³/mol. The molecule has 106 valence electrons. The van der Waals surface area contributed by atoms with Gasteiger partial charge in [0.15, 0.2) is 9.84 Å². The molecule has 2 nitrogen and oxygen atoms in total. The van der Waals surface area contributed by atoms with E-state index in [1.807, 2.05) is 25.1 Å². The van der Waals surface area contributed by atoms with E-state index in [9.17, 15) is 8.42 Å². The van der Waals surface area contributed by atoms with Crippen molar-refractivity contribution in [2.75, 3.05) is 5.75 Å². The molecule has 3 heteroatoms. The van der Waals surface area contributed by atoms with Crippen molar-refractivity contribution < 1.29 is 8.42 Å². The zero-order valence-electron chi connectivity index (χ0n) is 12.1. The van der Waals surface area contributed by atoms with Gasteiger partial charge in [0, 0.05) is 0 Å². The first-order valence-electron chi connectivity index (χ1n) is 6.98. The van der Waals surface area contributed by atoms with Gasteiger partial charge in [-0.15, -0.1) is 0 Å². The van der Waals surface area contributed by atoms with E-state index in [0.717, 1.165) is 18.4 Å². The van der Waals surface area contributed by atoms with Crippen LogP contribution in [0.25, 0.3) is 0 Å². The molecular formula is C16H24O2S. The van der Waals surface area contributed by atoms with Gasteiger partial charge >= 0.3 is 0 Å². The van der Waals surface area contributed by atoms with E-state index in [1.165, 1.54) is 0 Å². The molecule has 0 aromatic heterocycles. The highest BCUT2D eigenvalue weighted by Gasteiger charge is 2.13. The minimum Gasteiger partial charge on any atom is -0.224 e. The molecule has 0 saturated carbocycles. The topological polar surface area (TPSA) is 34.1 Å². The molecule has 1 rings (SSSR count). The van der Waals surface area contributed by atoms with Crippen molar-refractivity contribution in [1.29, 1.82) is 0 Å². The Labute approximate surface area is 117 Å². The summed E-state index contributed by atoms with van der Waals surface area (Å²) in [5.74, 6) is 0.658. The first kappa shape index (κ1) is 16.0. The lowest BCUT2D eigenvalue weighted by molar-refractivity contribution is 0.594. The van der Waals surface area contributed by atoms with Gasteiger partial charge in [-0.3, -0.25) is 0 Å². The maximum atomic E-state index is 12.0. The summed E-state index contributed by atoms with van der Waals surface area (Å²) in [6, 6.07) is 7.36. The van der Waals surface area contributed by atoms with Crippen LogP contribution in [0.2, 0.25) is 0 Å². The number of benzene rings is 1. The summed E-state index contributed by atoms with van der Waals surface area (Å²) in [4.78, 5) is 0.457. The van der Waals surface area contributed by atoms with Crippen LogP contribution in [0.5, 0.6) is 0 Å². The summed E-state index contributed by atoms with van der Waals surface area (Å²) >= 11 is 0. The van der Waals surface area contributed by atoms with Gasteiger partial charge in [-0.05, 0) is 42.9 Å². The molecule has 0 aliphatic carbocycles. The van der Waals surface area contributed by atoms with Crippen molar-refractivity contribution >= 4 is 9.84 Å². The quantitative estimate of drug-likeness (QED) is 0.707. The molecular weight excluding hydrogens is 256 g/mol. The number of sulfone groups is 1. The molecule has 1 atom stereocenters. The Kier molecular flexibility index (Phi) is 6.29. The highest BCUT2D eigenvalue weighted by molar-refractivity contribution is 7.91. The molecule has 0 aliphatic heterocycles. The molecule has 0 saturated heterocycles. The zero-order valence-corrected chi connectivity index (χ0v) is 12.9. The molecule has 0 amide bonds. The van der Waals surface area contributed by atoms with Crippen LogP contribution >= 0.6 is 0 Å². The highest BCUT2D eigenvalue weighted by Crippen LogP contribution is 2.17. The number of allylic oxidation sites excluding steroid dienone is 2. The van der Waals surface area contributed by atoms with Crippen molar-refractivity contribution in [3.05, 3.63) is 42.0 Å². The Bertz CT molecular complexity index is 515. The minimum atomic E-state index is -3.10. The Balaban J connectivity index is 2.86. The lowest BCUT2D eigenvalue weighted by Crippen LogP contribution is -2.06. The second-order valence-corrected chi connectivity index (χ2v) is 7.09. The first-order chi connectivity index (χ1) is 8.99. The second-order valence-electron chi connectivity index (χ2n) is 4.98. The molecule has 19 heavy (non-hydrogen) atoms. The van der Waals surface area contributed by atoms with Crippen molar-refractivity contribution in [3.63, 3.8) is 0 Å². The van der Waals surface area contributed by atoms with Gasteiger partial charge in [-0.1, -0.05) is 45.1 Å². The van der Waals surface area contributed by atoms with Crippen LogP contribution in [0.1, 0.15) is 39.2 Å². The molecule has 0 spiro atoms. The smallest absolute Gasteiger partial charge is 0.178 e.